The number of aliphatic hydroxyl groups is 2. The third-order valence-corrected chi connectivity index (χ3v) is 6.44. The number of benzene rings is 1. The van der Waals surface area contributed by atoms with Crippen molar-refractivity contribution in [2.24, 2.45) is 5.92 Å². The summed E-state index contributed by atoms with van der Waals surface area (Å²) in [5, 5.41) is 35.8. The summed E-state index contributed by atoms with van der Waals surface area (Å²) in [7, 11) is 0. The summed E-state index contributed by atoms with van der Waals surface area (Å²) in [5.74, 6) is -0.405. The quantitative estimate of drug-likeness (QED) is 0.679. The predicted molar refractivity (Wildman–Crippen MR) is 111 cm³/mol. The molecule has 2 aromatic heterocycles. The van der Waals surface area contributed by atoms with Gasteiger partial charge in [-0.25, -0.2) is 9.07 Å². The average molecular weight is 416 g/mol. The molecule has 3 atom stereocenters. The Morgan fingerprint density at radius 1 is 1.29 bits per heavy atom. The second kappa shape index (κ2) is 7.41. The van der Waals surface area contributed by atoms with Crippen LogP contribution in [-0.2, 0) is 6.42 Å². The number of rotatable bonds is 4. The number of nitrogens with zero attached hydrogens (tertiary/aromatic N) is 4. The van der Waals surface area contributed by atoms with Gasteiger partial charge in [-0.15, -0.1) is 0 Å². The number of aliphatic hydroxyl groups excluding tert-OH is 1. The Morgan fingerprint density at radius 3 is 2.87 bits per heavy atom. The van der Waals surface area contributed by atoms with E-state index < -0.39 is 11.7 Å². The highest BCUT2D eigenvalue weighted by atomic mass is 19.1. The first-order valence-electron chi connectivity index (χ1n) is 10.3. The first-order valence-corrected chi connectivity index (χ1v) is 10.3. The molecule has 2 unspecified atom stereocenters. The average Bonchev–Trinajstić information content (AvgIpc) is 3.34. The second-order valence-corrected chi connectivity index (χ2v) is 8.32. The highest BCUT2D eigenvalue weighted by Gasteiger charge is 2.47. The SMILES string of the molecule is N#Cc1ccnc(C(O)C[C@]2(O)CCC3=Cc4c(cnn4-c4ccc(F)cc4)CC32)c1. The molecule has 3 aromatic rings. The summed E-state index contributed by atoms with van der Waals surface area (Å²) >= 11 is 0. The van der Waals surface area contributed by atoms with Crippen LogP contribution in [0.4, 0.5) is 4.39 Å². The van der Waals surface area contributed by atoms with E-state index in [0.29, 0.717) is 24.1 Å². The predicted octanol–water partition coefficient (Wildman–Crippen LogP) is 3.48. The maximum atomic E-state index is 13.3. The van der Waals surface area contributed by atoms with Gasteiger partial charge in [0.25, 0.3) is 0 Å². The molecule has 156 valence electrons. The normalized spacial score (nSPS) is 22.9. The van der Waals surface area contributed by atoms with E-state index >= 15 is 0 Å². The molecule has 0 aliphatic heterocycles. The van der Waals surface area contributed by atoms with Crippen LogP contribution < -0.4 is 0 Å². The molecule has 31 heavy (non-hydrogen) atoms. The van der Waals surface area contributed by atoms with Crippen molar-refractivity contribution in [2.75, 3.05) is 0 Å². The van der Waals surface area contributed by atoms with E-state index in [2.05, 4.69) is 16.2 Å². The fourth-order valence-corrected chi connectivity index (χ4v) is 4.82. The lowest BCUT2D eigenvalue weighted by Gasteiger charge is -2.34. The fourth-order valence-electron chi connectivity index (χ4n) is 4.82. The maximum absolute atomic E-state index is 13.3. The summed E-state index contributed by atoms with van der Waals surface area (Å²) in [4.78, 5) is 4.18. The van der Waals surface area contributed by atoms with Crippen molar-refractivity contribution in [1.29, 1.82) is 5.26 Å². The maximum Gasteiger partial charge on any atom is 0.123 e. The van der Waals surface area contributed by atoms with Crippen LogP contribution in [0.15, 0.2) is 54.4 Å². The molecular weight excluding hydrogens is 395 g/mol. The van der Waals surface area contributed by atoms with Crippen molar-refractivity contribution in [3.05, 3.63) is 82.7 Å². The van der Waals surface area contributed by atoms with E-state index in [4.69, 9.17) is 5.26 Å². The zero-order valence-corrected chi connectivity index (χ0v) is 16.7. The standard InChI is InChI=1S/C24H21FN4O2/c25-18-1-3-19(4-2-18)29-22-11-16-5-7-24(31,20(16)10-17(22)14-28-29)12-23(30)21-9-15(13-26)6-8-27-21/h1-4,6,8-9,11,14,20,23,30-31H,5,7,10,12H2/t20?,23?,24-/m1/s1. The van der Waals surface area contributed by atoms with E-state index in [9.17, 15) is 14.6 Å². The molecule has 1 saturated carbocycles. The molecule has 2 N–H and O–H groups in total. The van der Waals surface area contributed by atoms with Gasteiger partial charge in [0.05, 0.1) is 46.6 Å². The van der Waals surface area contributed by atoms with E-state index in [-0.39, 0.29) is 18.2 Å². The third-order valence-electron chi connectivity index (χ3n) is 6.44. The first-order chi connectivity index (χ1) is 15.0. The molecule has 2 heterocycles. The smallest absolute Gasteiger partial charge is 0.123 e. The fraction of sp³-hybridized carbons (Fsp3) is 0.292. The molecule has 2 aliphatic rings. The molecule has 1 fully saturated rings. The van der Waals surface area contributed by atoms with Crippen LogP contribution in [0.25, 0.3) is 11.8 Å². The molecule has 0 radical (unpaired) electrons. The molecule has 1 aromatic carbocycles. The summed E-state index contributed by atoms with van der Waals surface area (Å²) in [6.07, 6.45) is 6.45. The Labute approximate surface area is 178 Å². The van der Waals surface area contributed by atoms with Crippen LogP contribution >= 0.6 is 0 Å². The first kappa shape index (κ1) is 19.6. The molecule has 5 rings (SSSR count). The molecule has 6 nitrogen and oxygen atoms in total. The lowest BCUT2D eigenvalue weighted by Crippen LogP contribution is -2.37. The second-order valence-electron chi connectivity index (χ2n) is 8.32. The number of fused-ring (bicyclic) bond motifs is 2. The highest BCUT2D eigenvalue weighted by molar-refractivity contribution is 5.61. The van der Waals surface area contributed by atoms with E-state index in [1.807, 2.05) is 6.07 Å². The summed E-state index contributed by atoms with van der Waals surface area (Å²) in [6.45, 7) is 0. The Kier molecular flexibility index (Phi) is 4.69. The minimum atomic E-state index is -1.06. The number of aromatic nitrogens is 3. The van der Waals surface area contributed by atoms with Crippen molar-refractivity contribution in [1.82, 2.24) is 14.8 Å². The Morgan fingerprint density at radius 2 is 2.10 bits per heavy atom. The summed E-state index contributed by atoms with van der Waals surface area (Å²) < 4.78 is 15.1. The van der Waals surface area contributed by atoms with Crippen molar-refractivity contribution in [2.45, 2.75) is 37.4 Å². The summed E-state index contributed by atoms with van der Waals surface area (Å²) in [5.41, 5.74) is 3.63. The van der Waals surface area contributed by atoms with Gasteiger partial charge in [-0.1, -0.05) is 5.57 Å². The topological polar surface area (TPSA) is 95.0 Å². The largest absolute Gasteiger partial charge is 0.389 e. The van der Waals surface area contributed by atoms with Crippen LogP contribution in [-0.4, -0.2) is 30.6 Å². The zero-order valence-electron chi connectivity index (χ0n) is 16.7. The van der Waals surface area contributed by atoms with E-state index in [1.54, 1.807) is 35.1 Å². The minimum absolute atomic E-state index is 0.111. The number of pyridine rings is 1. The minimum Gasteiger partial charge on any atom is -0.389 e. The molecule has 0 saturated heterocycles. The molecule has 0 bridgehead atoms. The Bertz CT molecular complexity index is 1210. The van der Waals surface area contributed by atoms with Crippen molar-refractivity contribution in [3.8, 4) is 11.8 Å². The molecule has 0 spiro atoms. The van der Waals surface area contributed by atoms with Crippen molar-refractivity contribution in [3.63, 3.8) is 0 Å². The van der Waals surface area contributed by atoms with Gasteiger partial charge in [-0.05, 0) is 67.3 Å². The lowest BCUT2D eigenvalue weighted by molar-refractivity contribution is -0.0360. The van der Waals surface area contributed by atoms with Crippen LogP contribution in [0, 0.1) is 23.1 Å². The van der Waals surface area contributed by atoms with Gasteiger partial charge in [0.1, 0.15) is 5.82 Å². The number of hydrogen-bond donors (Lipinski definition) is 2. The van der Waals surface area contributed by atoms with Gasteiger partial charge >= 0.3 is 0 Å². The van der Waals surface area contributed by atoms with Crippen LogP contribution in [0.5, 0.6) is 0 Å². The summed E-state index contributed by atoms with van der Waals surface area (Å²) in [6, 6.07) is 11.4. The number of nitriles is 1. The molecule has 7 heteroatoms. The van der Waals surface area contributed by atoms with Crippen LogP contribution in [0.1, 0.15) is 47.9 Å². The van der Waals surface area contributed by atoms with E-state index in [1.165, 1.54) is 18.3 Å². The highest BCUT2D eigenvalue weighted by Crippen LogP contribution is 2.49. The lowest BCUT2D eigenvalue weighted by atomic mass is 9.77. The molecule has 2 aliphatic carbocycles. The third kappa shape index (κ3) is 3.44. The van der Waals surface area contributed by atoms with Gasteiger partial charge in [0.15, 0.2) is 0 Å². The Balaban J connectivity index is 1.41. The van der Waals surface area contributed by atoms with Gasteiger partial charge in [0, 0.05) is 18.5 Å². The van der Waals surface area contributed by atoms with Gasteiger partial charge < -0.3 is 10.2 Å². The van der Waals surface area contributed by atoms with E-state index in [0.717, 1.165) is 28.9 Å². The number of halogens is 1. The van der Waals surface area contributed by atoms with Crippen LogP contribution in [0.2, 0.25) is 0 Å². The van der Waals surface area contributed by atoms with Gasteiger partial charge in [0.2, 0.25) is 0 Å². The monoisotopic (exact) mass is 416 g/mol. The van der Waals surface area contributed by atoms with Crippen molar-refractivity contribution >= 4 is 6.08 Å². The Hall–Kier alpha value is -3.34. The van der Waals surface area contributed by atoms with Crippen LogP contribution in [0.3, 0.4) is 0 Å². The zero-order chi connectivity index (χ0) is 21.6. The molecule has 0 amide bonds. The number of hydrogen-bond acceptors (Lipinski definition) is 5. The van der Waals surface area contributed by atoms with Crippen molar-refractivity contribution < 1.29 is 14.6 Å². The van der Waals surface area contributed by atoms with Gasteiger partial charge in [-0.2, -0.15) is 10.4 Å². The van der Waals surface area contributed by atoms with Gasteiger partial charge in [-0.3, -0.25) is 4.98 Å². The molecular formula is C24H21FN4O2.